The molecule has 4 atom stereocenters. The lowest BCUT2D eigenvalue weighted by Gasteiger charge is -2.62. The Morgan fingerprint density at radius 2 is 1.73 bits per heavy atom. The van der Waals surface area contributed by atoms with Crippen LogP contribution < -0.4 is 16.2 Å². The fraction of sp³-hybridized carbons (Fsp3) is 0.567. The molecular weight excluding hydrogens is 537 g/mol. The number of nitrogens with one attached hydrogen (secondary N) is 2. The van der Waals surface area contributed by atoms with Crippen molar-refractivity contribution >= 4 is 17.7 Å². The van der Waals surface area contributed by atoms with Crippen molar-refractivity contribution in [2.75, 3.05) is 18.4 Å². The molecule has 220 valence electrons. The Morgan fingerprint density at radius 3 is 2.29 bits per heavy atom. The number of carbonyl (C=O) groups excluding carboxylic acids is 2. The van der Waals surface area contributed by atoms with Gasteiger partial charge >= 0.3 is 12.3 Å². The van der Waals surface area contributed by atoms with Crippen molar-refractivity contribution in [1.29, 1.82) is 0 Å². The molecule has 5 fully saturated rings. The quantitative estimate of drug-likeness (QED) is 0.500. The number of benzene rings is 1. The Morgan fingerprint density at radius 1 is 1.07 bits per heavy atom. The van der Waals surface area contributed by atoms with Crippen LogP contribution >= 0.6 is 0 Å². The van der Waals surface area contributed by atoms with Crippen molar-refractivity contribution in [1.82, 2.24) is 14.8 Å². The van der Waals surface area contributed by atoms with Crippen LogP contribution in [0.25, 0.3) is 0 Å². The second-order valence-corrected chi connectivity index (χ2v) is 13.2. The summed E-state index contributed by atoms with van der Waals surface area (Å²) in [6, 6.07) is 5.66. The molecule has 1 aromatic heterocycles. The third-order valence-electron chi connectivity index (χ3n) is 9.04. The highest BCUT2D eigenvalue weighted by Gasteiger charge is 2.59. The van der Waals surface area contributed by atoms with E-state index in [-0.39, 0.29) is 40.6 Å². The number of aromatic nitrogens is 1. The molecule has 4 aliphatic carbocycles. The van der Waals surface area contributed by atoms with Gasteiger partial charge in [0.25, 0.3) is 11.5 Å². The number of likely N-dealkylation sites (tertiary alicyclic amines) is 1. The molecule has 8 nitrogen and oxygen atoms in total. The van der Waals surface area contributed by atoms with Gasteiger partial charge in [0.1, 0.15) is 5.60 Å². The van der Waals surface area contributed by atoms with Crippen LogP contribution in [0.4, 0.5) is 23.7 Å². The summed E-state index contributed by atoms with van der Waals surface area (Å²) in [5.74, 6) is 0.487. The minimum Gasteiger partial charge on any atom is -0.444 e. The van der Waals surface area contributed by atoms with Crippen LogP contribution in [-0.4, -0.2) is 46.2 Å². The summed E-state index contributed by atoms with van der Waals surface area (Å²) >= 11 is 0. The van der Waals surface area contributed by atoms with Gasteiger partial charge in [-0.25, -0.2) is 4.79 Å². The molecule has 1 aliphatic heterocycles. The smallest absolute Gasteiger partial charge is 0.416 e. The molecule has 4 saturated carbocycles. The highest BCUT2D eigenvalue weighted by atomic mass is 19.4. The van der Waals surface area contributed by atoms with Crippen LogP contribution in [0.5, 0.6) is 0 Å². The second-order valence-electron chi connectivity index (χ2n) is 13.2. The van der Waals surface area contributed by atoms with E-state index in [0.29, 0.717) is 30.3 Å². The van der Waals surface area contributed by atoms with Gasteiger partial charge in [0.05, 0.1) is 22.9 Å². The number of halogens is 3. The molecule has 0 radical (unpaired) electrons. The lowest BCUT2D eigenvalue weighted by atomic mass is 9.49. The highest BCUT2D eigenvalue weighted by molar-refractivity contribution is 5.99. The number of hydrogen-bond donors (Lipinski definition) is 2. The molecule has 2 bridgehead atoms. The lowest BCUT2D eigenvalue weighted by Crippen LogP contribution is -2.62. The van der Waals surface area contributed by atoms with Crippen molar-refractivity contribution < 1.29 is 27.5 Å². The maximum atomic E-state index is 13.6. The van der Waals surface area contributed by atoms with Gasteiger partial charge < -0.3 is 24.8 Å². The van der Waals surface area contributed by atoms with E-state index >= 15 is 0 Å². The Bertz CT molecular complexity index is 1430. The first-order valence-corrected chi connectivity index (χ1v) is 14.1. The predicted octanol–water partition coefficient (Wildman–Crippen LogP) is 5.14. The third-order valence-corrected chi connectivity index (χ3v) is 9.04. The minimum absolute atomic E-state index is 0.00803. The summed E-state index contributed by atoms with van der Waals surface area (Å²) in [6.07, 6.45) is -0.499. The number of piperidine rings is 1. The fourth-order valence-electron chi connectivity index (χ4n) is 6.67. The molecule has 1 aromatic carbocycles. The summed E-state index contributed by atoms with van der Waals surface area (Å²) in [6.45, 7) is 8.14. The Kier molecular flexibility index (Phi) is 6.24. The van der Waals surface area contributed by atoms with Gasteiger partial charge in [-0.2, -0.15) is 13.2 Å². The number of anilines is 1. The lowest BCUT2D eigenvalue weighted by molar-refractivity contribution is -0.137. The summed E-state index contributed by atoms with van der Waals surface area (Å²) < 4.78 is 46.9. The monoisotopic (exact) mass is 572 g/mol. The van der Waals surface area contributed by atoms with Crippen molar-refractivity contribution in [3.8, 4) is 0 Å². The first kappa shape index (κ1) is 27.7. The standard InChI is InChI=1S/C30H35F3N4O4/c1-16(18-6-5-7-19(8-18)30(31,32)33)34-26(39)22-15-37(29-10-17(11-29)12-29)24(38)9-23(22)35-25-20-13-36(14-21(20)25)27(40)41-28(2,3)4/h5-9,15-17,20-21,25,35H,10-14H2,1-4H3,(H,34,39)/t16-,17?,20-,21+,25+,29?/m1/s1. The highest BCUT2D eigenvalue weighted by Crippen LogP contribution is 2.61. The predicted molar refractivity (Wildman–Crippen MR) is 146 cm³/mol. The van der Waals surface area contributed by atoms with E-state index in [0.717, 1.165) is 31.4 Å². The number of ether oxygens (including phenoxy) is 1. The third kappa shape index (κ3) is 5.08. The van der Waals surface area contributed by atoms with Gasteiger partial charge in [-0.15, -0.1) is 0 Å². The normalized spacial score (nSPS) is 28.6. The molecule has 5 aliphatic rings. The topological polar surface area (TPSA) is 92.7 Å². The first-order chi connectivity index (χ1) is 19.1. The SMILES string of the molecule is C[C@@H](NC(=O)c1cn(C23CC(C2)C3)c(=O)cc1N[C@H]1[C@@H]2CN(C(=O)OC(C)(C)C)C[C@@H]21)c1cccc(C(F)(F)F)c1. The van der Waals surface area contributed by atoms with E-state index in [9.17, 15) is 27.6 Å². The Balaban J connectivity index is 1.21. The van der Waals surface area contributed by atoms with E-state index < -0.39 is 29.3 Å². The van der Waals surface area contributed by atoms with Crippen LogP contribution in [0.3, 0.4) is 0 Å². The maximum absolute atomic E-state index is 13.6. The molecule has 0 spiro atoms. The van der Waals surface area contributed by atoms with Gasteiger partial charge in [-0.05, 0) is 70.6 Å². The molecule has 2 N–H and O–H groups in total. The van der Waals surface area contributed by atoms with Crippen molar-refractivity contribution in [3.05, 3.63) is 63.6 Å². The average molecular weight is 573 g/mol. The number of fused-ring (bicyclic) bond motifs is 1. The van der Waals surface area contributed by atoms with E-state index in [4.69, 9.17) is 4.74 Å². The summed E-state index contributed by atoms with van der Waals surface area (Å²) in [7, 11) is 0. The molecule has 1 saturated heterocycles. The average Bonchev–Trinajstić information content (AvgIpc) is 3.24. The summed E-state index contributed by atoms with van der Waals surface area (Å²) in [5.41, 5.74) is -0.789. The van der Waals surface area contributed by atoms with Gasteiger partial charge in [0, 0.05) is 48.8 Å². The van der Waals surface area contributed by atoms with Crippen LogP contribution in [0.1, 0.15) is 74.5 Å². The summed E-state index contributed by atoms with van der Waals surface area (Å²) in [5, 5.41) is 6.22. The van der Waals surface area contributed by atoms with Crippen LogP contribution in [0.15, 0.2) is 41.3 Å². The fourth-order valence-corrected chi connectivity index (χ4v) is 6.67. The van der Waals surface area contributed by atoms with Crippen molar-refractivity contribution in [3.63, 3.8) is 0 Å². The molecule has 2 aromatic rings. The van der Waals surface area contributed by atoms with Crippen LogP contribution in [-0.2, 0) is 16.5 Å². The Hall–Kier alpha value is -3.50. The van der Waals surface area contributed by atoms with Gasteiger partial charge in [0.15, 0.2) is 0 Å². The van der Waals surface area contributed by atoms with Gasteiger partial charge in [0.2, 0.25) is 0 Å². The first-order valence-electron chi connectivity index (χ1n) is 14.1. The number of amides is 2. The van der Waals surface area contributed by atoms with Gasteiger partial charge in [-0.1, -0.05) is 12.1 Å². The maximum Gasteiger partial charge on any atom is 0.416 e. The minimum atomic E-state index is -4.49. The zero-order chi connectivity index (χ0) is 29.5. The summed E-state index contributed by atoms with van der Waals surface area (Å²) in [4.78, 5) is 41.0. The Labute approximate surface area is 236 Å². The molecule has 11 heteroatoms. The van der Waals surface area contributed by atoms with Crippen LogP contribution in [0.2, 0.25) is 0 Å². The number of pyridine rings is 1. The molecule has 41 heavy (non-hydrogen) atoms. The second kappa shape index (κ2) is 9.25. The van der Waals surface area contributed by atoms with E-state index in [1.165, 1.54) is 12.1 Å². The molecule has 0 unspecified atom stereocenters. The number of hydrogen-bond acceptors (Lipinski definition) is 5. The van der Waals surface area contributed by atoms with E-state index in [2.05, 4.69) is 10.6 Å². The van der Waals surface area contributed by atoms with E-state index in [1.807, 2.05) is 20.8 Å². The van der Waals surface area contributed by atoms with E-state index in [1.54, 1.807) is 28.7 Å². The van der Waals surface area contributed by atoms with Crippen molar-refractivity contribution in [2.45, 2.75) is 76.4 Å². The van der Waals surface area contributed by atoms with Crippen LogP contribution in [0, 0.1) is 17.8 Å². The zero-order valence-electron chi connectivity index (χ0n) is 23.5. The molecule has 2 amide bonds. The largest absolute Gasteiger partial charge is 0.444 e. The van der Waals surface area contributed by atoms with Crippen molar-refractivity contribution in [2.24, 2.45) is 17.8 Å². The molecule has 7 rings (SSSR count). The molecule has 2 heterocycles. The number of rotatable bonds is 6. The zero-order valence-corrected chi connectivity index (χ0v) is 23.5. The number of nitrogens with zero attached hydrogens (tertiary/aromatic N) is 2. The molecular formula is C30H35F3N4O4. The van der Waals surface area contributed by atoms with Gasteiger partial charge in [-0.3, -0.25) is 9.59 Å². The number of alkyl halides is 3. The number of carbonyl (C=O) groups is 2.